The van der Waals surface area contributed by atoms with Crippen molar-refractivity contribution in [1.82, 2.24) is 0 Å². The van der Waals surface area contributed by atoms with E-state index in [1.807, 2.05) is 0 Å². The molecule has 0 spiro atoms. The second-order valence-electron chi connectivity index (χ2n) is 8.20. The fourth-order valence-corrected chi connectivity index (χ4v) is 5.76. The van der Waals surface area contributed by atoms with Crippen LogP contribution in [0.5, 0.6) is 0 Å². The van der Waals surface area contributed by atoms with Gasteiger partial charge in [-0.3, -0.25) is 0 Å². The van der Waals surface area contributed by atoms with Crippen LogP contribution in [0.1, 0.15) is 69.9 Å². The van der Waals surface area contributed by atoms with Gasteiger partial charge in [0.2, 0.25) is 0 Å². The molecule has 0 nitrogen and oxygen atoms in total. The first-order valence-corrected chi connectivity index (χ1v) is 10.3. The molecule has 1 aromatic rings. The molecule has 1 aromatic carbocycles. The van der Waals surface area contributed by atoms with E-state index >= 15 is 0 Å². The molecule has 4 rings (SSSR count). The van der Waals surface area contributed by atoms with Gasteiger partial charge in [-0.2, -0.15) is 0 Å². The first-order valence-electron chi connectivity index (χ1n) is 9.50. The minimum atomic E-state index is 0.605. The molecule has 2 saturated carbocycles. The van der Waals surface area contributed by atoms with Crippen molar-refractivity contribution in [3.8, 4) is 0 Å². The molecule has 0 saturated heterocycles. The Bertz CT molecular complexity index is 575. The Labute approximate surface area is 145 Å². The fraction of sp³-hybridized carbons (Fsp3) is 0.636. The van der Waals surface area contributed by atoms with Gasteiger partial charge in [0.15, 0.2) is 0 Å². The number of hydrogen-bond donors (Lipinski definition) is 0. The Kier molecular flexibility index (Phi) is 5.03. The minimum Gasteiger partial charge on any atom is -0.138 e. The van der Waals surface area contributed by atoms with Gasteiger partial charge in [0.1, 0.15) is 0 Å². The van der Waals surface area contributed by atoms with Crippen molar-refractivity contribution in [2.45, 2.75) is 58.8 Å². The van der Waals surface area contributed by atoms with Crippen molar-refractivity contribution in [2.75, 3.05) is 6.16 Å². The number of rotatable bonds is 0. The third-order valence-electron chi connectivity index (χ3n) is 7.13. The molecule has 0 heterocycles. The average molecular weight is 328 g/mol. The Hall–Kier alpha value is -0.610. The van der Waals surface area contributed by atoms with Crippen LogP contribution in [0.2, 0.25) is 0 Å². The van der Waals surface area contributed by atoms with Crippen LogP contribution in [0, 0.1) is 23.2 Å². The third-order valence-corrected chi connectivity index (χ3v) is 7.13. The van der Waals surface area contributed by atoms with Gasteiger partial charge in [-0.1, -0.05) is 51.6 Å². The lowest BCUT2D eigenvalue weighted by Crippen LogP contribution is -2.41. The molecule has 0 aromatic heterocycles. The summed E-state index contributed by atoms with van der Waals surface area (Å²) >= 11 is 0. The topological polar surface area (TPSA) is 0 Å². The van der Waals surface area contributed by atoms with E-state index in [0.29, 0.717) is 5.41 Å². The summed E-state index contributed by atoms with van der Waals surface area (Å²) in [7, 11) is 2.58. The lowest BCUT2D eigenvalue weighted by Gasteiger charge is -2.51. The standard InChI is InChI=1S/C20H26.C2H7P/c1-13-12-18-17(16-7-5-4-6-15(13)16)10-11-20(3)14(2)8-9-19(18)20;1-2-3/h4-7,14,17-19H,1,8-12H2,2-3H3;2-3H2,1H3. The van der Waals surface area contributed by atoms with E-state index in [1.165, 1.54) is 49.4 Å². The smallest absolute Gasteiger partial charge is 0.0121 e. The van der Waals surface area contributed by atoms with Crippen molar-refractivity contribution in [3.05, 3.63) is 42.0 Å². The lowest BCUT2D eigenvalue weighted by atomic mass is 9.54. The molecule has 0 radical (unpaired) electrons. The predicted molar refractivity (Wildman–Crippen MR) is 106 cm³/mol. The highest BCUT2D eigenvalue weighted by Crippen LogP contribution is 2.63. The van der Waals surface area contributed by atoms with E-state index in [9.17, 15) is 0 Å². The zero-order valence-corrected chi connectivity index (χ0v) is 16.3. The summed E-state index contributed by atoms with van der Waals surface area (Å²) in [6, 6.07) is 9.06. The number of fused-ring (bicyclic) bond motifs is 5. The Balaban J connectivity index is 0.000000485. The molecule has 23 heavy (non-hydrogen) atoms. The number of allylic oxidation sites excluding steroid dienone is 1. The minimum absolute atomic E-state index is 0.605. The van der Waals surface area contributed by atoms with E-state index in [-0.39, 0.29) is 0 Å². The van der Waals surface area contributed by atoms with Crippen LogP contribution in [0.15, 0.2) is 30.8 Å². The normalized spacial score (nSPS) is 38.0. The molecule has 3 aliphatic carbocycles. The monoisotopic (exact) mass is 328 g/mol. The predicted octanol–water partition coefficient (Wildman–Crippen LogP) is 6.53. The van der Waals surface area contributed by atoms with Crippen LogP contribution < -0.4 is 0 Å². The number of benzene rings is 1. The summed E-state index contributed by atoms with van der Waals surface area (Å²) in [5.41, 5.74) is 5.07. The summed E-state index contributed by atoms with van der Waals surface area (Å²) in [6.07, 6.45) is 8.13. The van der Waals surface area contributed by atoms with Crippen molar-refractivity contribution in [1.29, 1.82) is 0 Å². The van der Waals surface area contributed by atoms with E-state index in [2.05, 4.69) is 60.9 Å². The van der Waals surface area contributed by atoms with Crippen molar-refractivity contribution >= 4 is 14.8 Å². The molecule has 6 atom stereocenters. The van der Waals surface area contributed by atoms with Gasteiger partial charge in [0.05, 0.1) is 0 Å². The molecular formula is C22H33P. The highest BCUT2D eigenvalue weighted by atomic mass is 31.0. The SMILES string of the molecule is C=C1CC2C(CCC3(C)C(C)CCC23)c2ccccc21.CCP. The van der Waals surface area contributed by atoms with Gasteiger partial charge in [0.25, 0.3) is 0 Å². The van der Waals surface area contributed by atoms with E-state index in [0.717, 1.165) is 23.7 Å². The van der Waals surface area contributed by atoms with Crippen LogP contribution >= 0.6 is 9.24 Å². The molecule has 1 heteroatoms. The van der Waals surface area contributed by atoms with Crippen LogP contribution in [0.4, 0.5) is 0 Å². The molecule has 0 amide bonds. The highest BCUT2D eigenvalue weighted by Gasteiger charge is 2.53. The maximum atomic E-state index is 4.40. The molecule has 6 unspecified atom stereocenters. The molecule has 0 N–H and O–H groups in total. The van der Waals surface area contributed by atoms with Gasteiger partial charge >= 0.3 is 0 Å². The Morgan fingerprint density at radius 2 is 1.91 bits per heavy atom. The van der Waals surface area contributed by atoms with E-state index in [1.54, 1.807) is 5.56 Å². The highest BCUT2D eigenvalue weighted by molar-refractivity contribution is 7.16. The summed E-state index contributed by atoms with van der Waals surface area (Å²) in [4.78, 5) is 0. The quantitative estimate of drug-likeness (QED) is 0.475. The Morgan fingerprint density at radius 1 is 1.22 bits per heavy atom. The number of hydrogen-bond acceptors (Lipinski definition) is 0. The maximum Gasteiger partial charge on any atom is -0.0121 e. The summed E-state index contributed by atoms with van der Waals surface area (Å²) in [5.74, 6) is 3.52. The molecule has 0 aliphatic heterocycles. The first kappa shape index (κ1) is 17.2. The molecule has 2 fully saturated rings. The first-order chi connectivity index (χ1) is 11.0. The molecule has 0 bridgehead atoms. The largest absolute Gasteiger partial charge is 0.138 e. The summed E-state index contributed by atoms with van der Waals surface area (Å²) in [5, 5.41) is 0. The lowest BCUT2D eigenvalue weighted by molar-refractivity contribution is 0.0421. The van der Waals surface area contributed by atoms with Gasteiger partial charge in [0, 0.05) is 0 Å². The fourth-order valence-electron chi connectivity index (χ4n) is 5.76. The van der Waals surface area contributed by atoms with Crippen molar-refractivity contribution in [2.24, 2.45) is 23.2 Å². The second-order valence-corrected chi connectivity index (χ2v) is 9.02. The second kappa shape index (κ2) is 6.72. The average Bonchev–Trinajstić information content (AvgIpc) is 2.84. The van der Waals surface area contributed by atoms with E-state index in [4.69, 9.17) is 0 Å². The van der Waals surface area contributed by atoms with Crippen LogP contribution in [-0.2, 0) is 0 Å². The van der Waals surface area contributed by atoms with E-state index < -0.39 is 0 Å². The van der Waals surface area contributed by atoms with Crippen molar-refractivity contribution < 1.29 is 0 Å². The van der Waals surface area contributed by atoms with Crippen LogP contribution in [0.25, 0.3) is 5.57 Å². The maximum absolute atomic E-state index is 4.40. The third kappa shape index (κ3) is 2.82. The molecular weight excluding hydrogens is 295 g/mol. The van der Waals surface area contributed by atoms with Crippen LogP contribution in [0.3, 0.4) is 0 Å². The summed E-state index contributed by atoms with van der Waals surface area (Å²) in [6.45, 7) is 11.6. The van der Waals surface area contributed by atoms with Gasteiger partial charge in [-0.25, -0.2) is 0 Å². The van der Waals surface area contributed by atoms with Gasteiger partial charge in [-0.15, -0.1) is 9.24 Å². The molecule has 3 aliphatic rings. The van der Waals surface area contributed by atoms with Gasteiger partial charge in [-0.05, 0) is 84.1 Å². The van der Waals surface area contributed by atoms with Crippen LogP contribution in [-0.4, -0.2) is 6.16 Å². The van der Waals surface area contributed by atoms with Crippen molar-refractivity contribution in [3.63, 3.8) is 0 Å². The zero-order valence-electron chi connectivity index (χ0n) is 15.1. The summed E-state index contributed by atoms with van der Waals surface area (Å²) < 4.78 is 0. The van der Waals surface area contributed by atoms with Gasteiger partial charge < -0.3 is 0 Å². The Morgan fingerprint density at radius 3 is 2.65 bits per heavy atom. The molecule has 126 valence electrons. The zero-order chi connectivity index (χ0) is 16.6.